The number of rotatable bonds is 4. The summed E-state index contributed by atoms with van der Waals surface area (Å²) in [6, 6.07) is 14.9. The van der Waals surface area contributed by atoms with Gasteiger partial charge in [-0.3, -0.25) is 9.59 Å². The SMILES string of the molecule is O=C(Nc1ccc(-n2cccn2)c(F)c1)C1=NN(c2ccccc2)C(=O)CC1. The van der Waals surface area contributed by atoms with Crippen LogP contribution >= 0.6 is 0 Å². The average Bonchev–Trinajstić information content (AvgIpc) is 3.23. The van der Waals surface area contributed by atoms with Crippen LogP contribution < -0.4 is 10.3 Å². The van der Waals surface area contributed by atoms with Crippen LogP contribution in [0.3, 0.4) is 0 Å². The minimum Gasteiger partial charge on any atom is -0.321 e. The van der Waals surface area contributed by atoms with Gasteiger partial charge in [-0.2, -0.15) is 10.2 Å². The number of hydrogen-bond acceptors (Lipinski definition) is 4. The maximum atomic E-state index is 14.3. The molecule has 2 heterocycles. The van der Waals surface area contributed by atoms with Gasteiger partial charge in [0.25, 0.3) is 5.91 Å². The number of hydrogen-bond donors (Lipinski definition) is 1. The van der Waals surface area contributed by atoms with Gasteiger partial charge in [-0.15, -0.1) is 0 Å². The standard InChI is InChI=1S/C20H16FN5O2/c21-16-13-14(7-9-18(16)25-12-4-11-22-25)23-20(28)17-8-10-19(27)26(24-17)15-5-2-1-3-6-15/h1-7,9,11-13H,8,10H2,(H,23,28). The molecule has 8 heteroatoms. The van der Waals surface area contributed by atoms with Crippen molar-refractivity contribution in [1.29, 1.82) is 0 Å². The molecular formula is C20H16FN5O2. The number of amides is 2. The molecule has 1 aromatic heterocycles. The molecule has 3 aromatic rings. The normalized spacial score (nSPS) is 14.0. The van der Waals surface area contributed by atoms with Crippen molar-refractivity contribution in [1.82, 2.24) is 9.78 Å². The number of nitrogens with zero attached hydrogens (tertiary/aromatic N) is 4. The third-order valence-electron chi connectivity index (χ3n) is 4.25. The van der Waals surface area contributed by atoms with E-state index in [1.54, 1.807) is 48.8 Å². The summed E-state index contributed by atoms with van der Waals surface area (Å²) in [5.74, 6) is -1.18. The van der Waals surface area contributed by atoms with Gasteiger partial charge in [-0.25, -0.2) is 14.1 Å². The second kappa shape index (κ2) is 7.43. The van der Waals surface area contributed by atoms with Crippen LogP contribution in [0.25, 0.3) is 5.69 Å². The van der Waals surface area contributed by atoms with Crippen molar-refractivity contribution in [3.8, 4) is 5.69 Å². The Bertz CT molecular complexity index is 1050. The molecule has 1 aliphatic rings. The number of nitrogens with one attached hydrogen (secondary N) is 1. The number of carbonyl (C=O) groups excluding carboxylic acids is 2. The summed E-state index contributed by atoms with van der Waals surface area (Å²) in [6.07, 6.45) is 3.58. The lowest BCUT2D eigenvalue weighted by atomic mass is 10.1. The Hall–Kier alpha value is -3.81. The predicted molar refractivity (Wildman–Crippen MR) is 103 cm³/mol. The van der Waals surface area contributed by atoms with E-state index in [9.17, 15) is 14.0 Å². The Kier molecular flexibility index (Phi) is 4.67. The zero-order valence-corrected chi connectivity index (χ0v) is 14.7. The van der Waals surface area contributed by atoms with Crippen molar-refractivity contribution in [3.63, 3.8) is 0 Å². The second-order valence-electron chi connectivity index (χ2n) is 6.16. The van der Waals surface area contributed by atoms with E-state index in [-0.39, 0.29) is 30.1 Å². The van der Waals surface area contributed by atoms with E-state index < -0.39 is 11.7 Å². The summed E-state index contributed by atoms with van der Waals surface area (Å²) in [4.78, 5) is 24.7. The maximum absolute atomic E-state index is 14.3. The monoisotopic (exact) mass is 377 g/mol. The van der Waals surface area contributed by atoms with E-state index in [2.05, 4.69) is 15.5 Å². The number of anilines is 2. The molecular weight excluding hydrogens is 361 g/mol. The summed E-state index contributed by atoms with van der Waals surface area (Å²) in [5.41, 5.74) is 1.37. The van der Waals surface area contributed by atoms with E-state index in [1.807, 2.05) is 6.07 Å². The molecule has 0 saturated carbocycles. The van der Waals surface area contributed by atoms with E-state index in [0.29, 0.717) is 11.4 Å². The Morgan fingerprint density at radius 2 is 1.89 bits per heavy atom. The van der Waals surface area contributed by atoms with Gasteiger partial charge in [-0.1, -0.05) is 18.2 Å². The number of aromatic nitrogens is 2. The van der Waals surface area contributed by atoms with E-state index in [1.165, 1.54) is 21.8 Å². The number of para-hydroxylation sites is 1. The van der Waals surface area contributed by atoms with Crippen LogP contribution in [0.5, 0.6) is 0 Å². The summed E-state index contributed by atoms with van der Waals surface area (Å²) >= 11 is 0. The Labute approximate surface area is 160 Å². The van der Waals surface area contributed by atoms with Crippen molar-refractivity contribution in [2.75, 3.05) is 10.3 Å². The first-order valence-electron chi connectivity index (χ1n) is 8.68. The molecule has 0 bridgehead atoms. The van der Waals surface area contributed by atoms with Gasteiger partial charge >= 0.3 is 0 Å². The highest BCUT2D eigenvalue weighted by Crippen LogP contribution is 2.21. The van der Waals surface area contributed by atoms with Gasteiger partial charge in [0, 0.05) is 30.9 Å². The van der Waals surface area contributed by atoms with Crippen LogP contribution in [0.1, 0.15) is 12.8 Å². The smallest absolute Gasteiger partial charge is 0.271 e. The lowest BCUT2D eigenvalue weighted by Gasteiger charge is -2.23. The average molecular weight is 377 g/mol. The molecule has 0 fully saturated rings. The number of carbonyl (C=O) groups is 2. The summed E-state index contributed by atoms with van der Waals surface area (Å²) < 4.78 is 15.7. The van der Waals surface area contributed by atoms with Crippen LogP contribution in [0.4, 0.5) is 15.8 Å². The third-order valence-corrected chi connectivity index (χ3v) is 4.25. The minimum atomic E-state index is -0.520. The fourth-order valence-electron chi connectivity index (χ4n) is 2.87. The molecule has 0 saturated heterocycles. The predicted octanol–water partition coefficient (Wildman–Crippen LogP) is 3.13. The van der Waals surface area contributed by atoms with Crippen molar-refractivity contribution < 1.29 is 14.0 Å². The Morgan fingerprint density at radius 1 is 1.07 bits per heavy atom. The quantitative estimate of drug-likeness (QED) is 0.759. The van der Waals surface area contributed by atoms with Gasteiger partial charge in [0.05, 0.1) is 5.69 Å². The number of benzene rings is 2. The van der Waals surface area contributed by atoms with Gasteiger partial charge in [0.2, 0.25) is 5.91 Å². The number of hydrazone groups is 1. The van der Waals surface area contributed by atoms with Crippen molar-refractivity contribution in [3.05, 3.63) is 72.8 Å². The molecule has 0 aliphatic carbocycles. The van der Waals surface area contributed by atoms with Crippen LogP contribution in [0, 0.1) is 5.82 Å². The lowest BCUT2D eigenvalue weighted by Crippen LogP contribution is -2.36. The van der Waals surface area contributed by atoms with Gasteiger partial charge in [0.1, 0.15) is 11.4 Å². The van der Waals surface area contributed by atoms with Crippen LogP contribution in [0.2, 0.25) is 0 Å². The Morgan fingerprint density at radius 3 is 2.61 bits per heavy atom. The fourth-order valence-corrected chi connectivity index (χ4v) is 2.87. The first-order valence-corrected chi connectivity index (χ1v) is 8.68. The lowest BCUT2D eigenvalue weighted by molar-refractivity contribution is -0.118. The molecule has 0 unspecified atom stereocenters. The van der Waals surface area contributed by atoms with E-state index in [0.717, 1.165) is 0 Å². The zero-order valence-electron chi connectivity index (χ0n) is 14.7. The first-order chi connectivity index (χ1) is 13.6. The molecule has 7 nitrogen and oxygen atoms in total. The highest BCUT2D eigenvalue weighted by Gasteiger charge is 2.25. The topological polar surface area (TPSA) is 79.6 Å². The van der Waals surface area contributed by atoms with Crippen molar-refractivity contribution in [2.24, 2.45) is 5.10 Å². The molecule has 1 N–H and O–H groups in total. The van der Waals surface area contributed by atoms with Crippen molar-refractivity contribution in [2.45, 2.75) is 12.8 Å². The molecule has 0 spiro atoms. The fraction of sp³-hybridized carbons (Fsp3) is 0.100. The molecule has 0 atom stereocenters. The van der Waals surface area contributed by atoms with Crippen LogP contribution in [0.15, 0.2) is 72.1 Å². The van der Waals surface area contributed by atoms with Gasteiger partial charge in [-0.05, 0) is 36.4 Å². The first kappa shape index (κ1) is 17.6. The van der Waals surface area contributed by atoms with Gasteiger partial charge in [0.15, 0.2) is 5.82 Å². The summed E-state index contributed by atoms with van der Waals surface area (Å²) in [6.45, 7) is 0. The molecule has 28 heavy (non-hydrogen) atoms. The highest BCUT2D eigenvalue weighted by atomic mass is 19.1. The molecule has 2 amide bonds. The summed E-state index contributed by atoms with van der Waals surface area (Å²) in [7, 11) is 0. The largest absolute Gasteiger partial charge is 0.321 e. The third kappa shape index (κ3) is 3.52. The van der Waals surface area contributed by atoms with E-state index in [4.69, 9.17) is 0 Å². The molecule has 0 radical (unpaired) electrons. The van der Waals surface area contributed by atoms with Crippen LogP contribution in [-0.2, 0) is 9.59 Å². The number of halogens is 1. The minimum absolute atomic E-state index is 0.174. The molecule has 4 rings (SSSR count). The molecule has 140 valence electrons. The Balaban J connectivity index is 1.53. The maximum Gasteiger partial charge on any atom is 0.271 e. The second-order valence-corrected chi connectivity index (χ2v) is 6.16. The molecule has 2 aromatic carbocycles. The molecule has 1 aliphatic heterocycles. The van der Waals surface area contributed by atoms with E-state index >= 15 is 0 Å². The van der Waals surface area contributed by atoms with Crippen molar-refractivity contribution >= 4 is 28.9 Å². The zero-order chi connectivity index (χ0) is 19.5. The van der Waals surface area contributed by atoms with Crippen LogP contribution in [-0.4, -0.2) is 27.3 Å². The highest BCUT2D eigenvalue weighted by molar-refractivity contribution is 6.44. The summed E-state index contributed by atoms with van der Waals surface area (Å²) in [5, 5.41) is 12.0. The van der Waals surface area contributed by atoms with Gasteiger partial charge < -0.3 is 5.32 Å².